The van der Waals surface area contributed by atoms with Crippen LogP contribution in [0.5, 0.6) is 23.0 Å². The van der Waals surface area contributed by atoms with Crippen LogP contribution in [0.3, 0.4) is 0 Å². The predicted molar refractivity (Wildman–Crippen MR) is 109 cm³/mol. The maximum absolute atomic E-state index is 12.5. The molecule has 1 heterocycles. The molecule has 0 aliphatic carbocycles. The molecular weight excluding hydrogens is 372 g/mol. The summed E-state index contributed by atoms with van der Waals surface area (Å²) >= 11 is 0. The fraction of sp³-hybridized carbons (Fsp3) is 0.136. The quantitative estimate of drug-likeness (QED) is 0.342. The third kappa shape index (κ3) is 4.90. The summed E-state index contributed by atoms with van der Waals surface area (Å²) in [6.45, 7) is 0. The monoisotopic (exact) mass is 392 g/mol. The van der Waals surface area contributed by atoms with Crippen LogP contribution in [0.25, 0.3) is 0 Å². The van der Waals surface area contributed by atoms with E-state index in [0.717, 1.165) is 11.3 Å². The number of esters is 1. The zero-order chi connectivity index (χ0) is 20.6. The van der Waals surface area contributed by atoms with E-state index in [1.54, 1.807) is 55.0 Å². The number of ether oxygens (including phenoxy) is 4. The van der Waals surface area contributed by atoms with Crippen molar-refractivity contribution in [3.8, 4) is 23.0 Å². The molecule has 3 rings (SSSR count). The lowest BCUT2D eigenvalue weighted by molar-refractivity contribution is 0.0734. The van der Waals surface area contributed by atoms with Crippen LogP contribution in [0.4, 0.5) is 5.69 Å². The van der Waals surface area contributed by atoms with Gasteiger partial charge < -0.3 is 18.9 Å². The van der Waals surface area contributed by atoms with E-state index in [0.29, 0.717) is 23.0 Å². The molecule has 7 heteroatoms. The first-order valence-electron chi connectivity index (χ1n) is 8.71. The van der Waals surface area contributed by atoms with Crippen molar-refractivity contribution >= 4 is 17.9 Å². The zero-order valence-corrected chi connectivity index (χ0v) is 16.3. The summed E-state index contributed by atoms with van der Waals surface area (Å²) in [4.78, 5) is 20.9. The number of aliphatic imine (C=N–C) groups is 1. The standard InChI is InChI=1S/C22H20N2O5/c1-26-19-11-16(12-20(27-2)21(19)28-3)22(25)29-18-8-6-15(7-9-18)13-24-17-5-4-10-23-14-17/h4-14H,1-3H3. The van der Waals surface area contributed by atoms with Crippen LogP contribution in [0.15, 0.2) is 65.9 Å². The summed E-state index contributed by atoms with van der Waals surface area (Å²) in [6, 6.07) is 13.8. The maximum atomic E-state index is 12.5. The molecule has 0 saturated heterocycles. The van der Waals surface area contributed by atoms with Crippen molar-refractivity contribution in [1.29, 1.82) is 0 Å². The molecule has 0 radical (unpaired) electrons. The Morgan fingerprint density at radius 2 is 1.66 bits per heavy atom. The number of carbonyl (C=O) groups is 1. The van der Waals surface area contributed by atoms with Gasteiger partial charge in [-0.2, -0.15) is 0 Å². The highest BCUT2D eigenvalue weighted by Crippen LogP contribution is 2.38. The average molecular weight is 392 g/mol. The Balaban J connectivity index is 1.73. The van der Waals surface area contributed by atoms with Gasteiger partial charge in [-0.15, -0.1) is 0 Å². The number of methoxy groups -OCH3 is 3. The number of benzene rings is 2. The van der Waals surface area contributed by atoms with E-state index in [1.807, 2.05) is 12.1 Å². The maximum Gasteiger partial charge on any atom is 0.343 e. The topological polar surface area (TPSA) is 79.2 Å². The summed E-state index contributed by atoms with van der Waals surface area (Å²) in [6.07, 6.45) is 5.07. The van der Waals surface area contributed by atoms with E-state index in [1.165, 1.54) is 21.3 Å². The molecule has 29 heavy (non-hydrogen) atoms. The minimum absolute atomic E-state index is 0.279. The number of hydrogen-bond acceptors (Lipinski definition) is 7. The number of rotatable bonds is 7. The molecule has 0 N–H and O–H groups in total. The molecule has 0 unspecified atom stereocenters. The van der Waals surface area contributed by atoms with Crippen molar-refractivity contribution in [3.05, 3.63) is 72.1 Å². The molecule has 0 spiro atoms. The van der Waals surface area contributed by atoms with Crippen LogP contribution in [-0.2, 0) is 0 Å². The first-order valence-corrected chi connectivity index (χ1v) is 8.71. The molecule has 0 aliphatic heterocycles. The van der Waals surface area contributed by atoms with E-state index in [-0.39, 0.29) is 5.56 Å². The largest absolute Gasteiger partial charge is 0.493 e. The lowest BCUT2D eigenvalue weighted by atomic mass is 10.2. The van der Waals surface area contributed by atoms with Crippen molar-refractivity contribution in [2.45, 2.75) is 0 Å². The summed E-state index contributed by atoms with van der Waals surface area (Å²) in [5, 5.41) is 0. The smallest absolute Gasteiger partial charge is 0.343 e. The Morgan fingerprint density at radius 1 is 0.966 bits per heavy atom. The predicted octanol–water partition coefficient (Wildman–Crippen LogP) is 4.08. The number of nitrogens with zero attached hydrogens (tertiary/aromatic N) is 2. The van der Waals surface area contributed by atoms with E-state index in [9.17, 15) is 4.79 Å². The molecule has 0 fully saturated rings. The van der Waals surface area contributed by atoms with Gasteiger partial charge in [0.2, 0.25) is 5.75 Å². The molecule has 0 atom stereocenters. The second kappa shape index (κ2) is 9.36. The van der Waals surface area contributed by atoms with Gasteiger partial charge in [0.1, 0.15) is 5.75 Å². The number of aromatic nitrogens is 1. The number of carbonyl (C=O) groups excluding carboxylic acids is 1. The van der Waals surface area contributed by atoms with Crippen LogP contribution < -0.4 is 18.9 Å². The van der Waals surface area contributed by atoms with Crippen molar-refractivity contribution in [3.63, 3.8) is 0 Å². The lowest BCUT2D eigenvalue weighted by Crippen LogP contribution is -2.09. The SMILES string of the molecule is COc1cc(C(=O)Oc2ccc(C=Nc3cccnc3)cc2)cc(OC)c1OC. The van der Waals surface area contributed by atoms with E-state index in [2.05, 4.69) is 9.98 Å². The van der Waals surface area contributed by atoms with Gasteiger partial charge in [0, 0.05) is 12.4 Å². The highest BCUT2D eigenvalue weighted by molar-refractivity contribution is 5.93. The molecule has 1 aromatic heterocycles. The van der Waals surface area contributed by atoms with Gasteiger partial charge in [-0.25, -0.2) is 4.79 Å². The summed E-state index contributed by atoms with van der Waals surface area (Å²) < 4.78 is 21.2. The Kier molecular flexibility index (Phi) is 6.42. The molecule has 0 aliphatic rings. The van der Waals surface area contributed by atoms with Gasteiger partial charge in [0.25, 0.3) is 0 Å². The third-order valence-corrected chi connectivity index (χ3v) is 4.00. The molecule has 7 nitrogen and oxygen atoms in total. The van der Waals surface area contributed by atoms with Gasteiger partial charge in [-0.1, -0.05) is 0 Å². The van der Waals surface area contributed by atoms with Crippen molar-refractivity contribution in [1.82, 2.24) is 4.98 Å². The van der Waals surface area contributed by atoms with Gasteiger partial charge in [0.15, 0.2) is 11.5 Å². The van der Waals surface area contributed by atoms with Crippen molar-refractivity contribution < 1.29 is 23.7 Å². The highest BCUT2D eigenvalue weighted by atomic mass is 16.5. The minimum atomic E-state index is -0.541. The molecule has 3 aromatic rings. The highest BCUT2D eigenvalue weighted by Gasteiger charge is 2.18. The van der Waals surface area contributed by atoms with Crippen molar-refractivity contribution in [2.75, 3.05) is 21.3 Å². The molecular formula is C22H20N2O5. The molecule has 0 bridgehead atoms. The van der Waals surface area contributed by atoms with E-state index >= 15 is 0 Å². The summed E-state index contributed by atoms with van der Waals surface area (Å²) in [7, 11) is 4.47. The molecule has 0 saturated carbocycles. The van der Waals surface area contributed by atoms with Crippen LogP contribution >= 0.6 is 0 Å². The summed E-state index contributed by atoms with van der Waals surface area (Å²) in [5.41, 5.74) is 1.90. The van der Waals surface area contributed by atoms with Gasteiger partial charge >= 0.3 is 5.97 Å². The third-order valence-electron chi connectivity index (χ3n) is 4.00. The Morgan fingerprint density at radius 3 is 2.21 bits per heavy atom. The Hall–Kier alpha value is -3.87. The lowest BCUT2D eigenvalue weighted by Gasteiger charge is -2.13. The van der Waals surface area contributed by atoms with Crippen LogP contribution in [0.2, 0.25) is 0 Å². The average Bonchev–Trinajstić information content (AvgIpc) is 2.78. The van der Waals surface area contributed by atoms with Crippen LogP contribution in [0, 0.1) is 0 Å². The van der Waals surface area contributed by atoms with Crippen molar-refractivity contribution in [2.24, 2.45) is 4.99 Å². The normalized spacial score (nSPS) is 10.6. The Bertz CT molecular complexity index is 976. The Labute approximate surface area is 168 Å². The second-order valence-electron chi connectivity index (χ2n) is 5.84. The van der Waals surface area contributed by atoms with Crippen LogP contribution in [-0.4, -0.2) is 38.5 Å². The second-order valence-corrected chi connectivity index (χ2v) is 5.84. The molecule has 148 valence electrons. The number of hydrogen-bond donors (Lipinski definition) is 0. The first kappa shape index (κ1) is 19.9. The van der Waals surface area contributed by atoms with Gasteiger partial charge in [-0.3, -0.25) is 9.98 Å². The molecule has 2 aromatic carbocycles. The molecule has 0 amide bonds. The first-order chi connectivity index (χ1) is 14.1. The number of pyridine rings is 1. The minimum Gasteiger partial charge on any atom is -0.493 e. The fourth-order valence-corrected chi connectivity index (χ4v) is 2.57. The van der Waals surface area contributed by atoms with E-state index in [4.69, 9.17) is 18.9 Å². The van der Waals surface area contributed by atoms with E-state index < -0.39 is 5.97 Å². The van der Waals surface area contributed by atoms with Crippen LogP contribution in [0.1, 0.15) is 15.9 Å². The zero-order valence-electron chi connectivity index (χ0n) is 16.3. The van der Waals surface area contributed by atoms with Gasteiger partial charge in [0.05, 0.1) is 38.8 Å². The van der Waals surface area contributed by atoms with Gasteiger partial charge in [-0.05, 0) is 54.1 Å². The summed E-state index contributed by atoms with van der Waals surface area (Å²) in [5.74, 6) is 1.02. The fourth-order valence-electron chi connectivity index (χ4n) is 2.57.